The molecule has 3 unspecified atom stereocenters. The summed E-state index contributed by atoms with van der Waals surface area (Å²) in [5.41, 5.74) is 4.65. The third-order valence-electron chi connectivity index (χ3n) is 8.87. The number of aryl methyl sites for hydroxylation is 1. The van der Waals surface area contributed by atoms with Crippen molar-refractivity contribution in [3.63, 3.8) is 0 Å². The number of thiazole rings is 1. The van der Waals surface area contributed by atoms with Crippen LogP contribution >= 0.6 is 22.9 Å². The molecule has 1 aliphatic heterocycles. The van der Waals surface area contributed by atoms with Gasteiger partial charge in [-0.1, -0.05) is 81.5 Å². The quantitative estimate of drug-likeness (QED) is 0.234. The molecule has 2 aliphatic rings. The number of hydrogen-bond acceptors (Lipinski definition) is 6. The number of hydrogen-bond donors (Lipinski definition) is 2. The summed E-state index contributed by atoms with van der Waals surface area (Å²) in [4.78, 5) is 17.9. The van der Waals surface area contributed by atoms with Crippen LogP contribution in [-0.4, -0.2) is 29.9 Å². The lowest BCUT2D eigenvalue weighted by molar-refractivity contribution is -0.224. The number of carbonyl (C=O) groups is 1. The van der Waals surface area contributed by atoms with Crippen molar-refractivity contribution in [2.24, 2.45) is 17.3 Å². The number of aromatic nitrogens is 1. The van der Waals surface area contributed by atoms with Crippen LogP contribution in [0.1, 0.15) is 56.5 Å². The molecule has 2 fully saturated rings. The fourth-order valence-corrected chi connectivity index (χ4v) is 7.09. The van der Waals surface area contributed by atoms with Gasteiger partial charge in [-0.15, -0.1) is 11.3 Å². The first-order chi connectivity index (χ1) is 20.7. The molecule has 3 atom stereocenters. The van der Waals surface area contributed by atoms with E-state index in [4.69, 9.17) is 26.1 Å². The van der Waals surface area contributed by atoms with Gasteiger partial charge in [0.2, 0.25) is 0 Å². The molecule has 1 saturated heterocycles. The largest absolute Gasteiger partial charge is 0.347 e. The van der Waals surface area contributed by atoms with E-state index in [0.29, 0.717) is 29.5 Å². The molecule has 1 aliphatic carbocycles. The van der Waals surface area contributed by atoms with E-state index in [1.165, 1.54) is 11.3 Å². The van der Waals surface area contributed by atoms with E-state index in [1.54, 1.807) is 12.1 Å². The van der Waals surface area contributed by atoms with Crippen LogP contribution in [0.15, 0.2) is 84.4 Å². The highest BCUT2D eigenvalue weighted by Gasteiger charge is 2.54. The smallest absolute Gasteiger partial charge is 0.255 e. The summed E-state index contributed by atoms with van der Waals surface area (Å²) in [7, 11) is 0. The zero-order valence-electron chi connectivity index (χ0n) is 25.3. The van der Waals surface area contributed by atoms with E-state index >= 15 is 0 Å². The van der Waals surface area contributed by atoms with Crippen LogP contribution in [-0.2, 0) is 15.9 Å². The number of anilines is 2. The van der Waals surface area contributed by atoms with Crippen LogP contribution in [0.2, 0.25) is 5.02 Å². The van der Waals surface area contributed by atoms with Crippen LogP contribution in [0.25, 0.3) is 11.3 Å². The minimum atomic E-state index is -0.575. The SMILES string of the molecule is C=C(Nc1nc(-c2cccc(C(=O)Nc3ccc(CC)c(Cl)c3)c2)cs1)C1(C)CC(/C=C\C=CC)C2(CC1C)OCCO2. The number of amides is 1. The molecule has 226 valence electrons. The van der Waals surface area contributed by atoms with E-state index in [-0.39, 0.29) is 23.2 Å². The van der Waals surface area contributed by atoms with Gasteiger partial charge in [-0.2, -0.15) is 0 Å². The van der Waals surface area contributed by atoms with Gasteiger partial charge >= 0.3 is 0 Å². The van der Waals surface area contributed by atoms with Crippen molar-refractivity contribution >= 4 is 39.7 Å². The first kappa shape index (κ1) is 31.2. The maximum absolute atomic E-state index is 13.0. The van der Waals surface area contributed by atoms with Gasteiger partial charge < -0.3 is 20.1 Å². The molecule has 1 spiro atoms. The first-order valence-electron chi connectivity index (χ1n) is 14.9. The fraction of sp³-hybridized carbons (Fsp3) is 0.371. The molecule has 1 saturated carbocycles. The van der Waals surface area contributed by atoms with Crippen molar-refractivity contribution in [3.8, 4) is 11.3 Å². The number of nitrogens with one attached hydrogen (secondary N) is 2. The van der Waals surface area contributed by atoms with Crippen molar-refractivity contribution in [1.82, 2.24) is 4.98 Å². The highest BCUT2D eigenvalue weighted by molar-refractivity contribution is 7.14. The lowest BCUT2D eigenvalue weighted by Gasteiger charge is -2.51. The zero-order valence-corrected chi connectivity index (χ0v) is 26.9. The second-order valence-electron chi connectivity index (χ2n) is 11.6. The predicted octanol–water partition coefficient (Wildman–Crippen LogP) is 9.13. The minimum absolute atomic E-state index is 0.104. The van der Waals surface area contributed by atoms with Gasteiger partial charge in [0.05, 0.1) is 18.9 Å². The van der Waals surface area contributed by atoms with Crippen LogP contribution in [0.5, 0.6) is 0 Å². The zero-order chi connectivity index (χ0) is 30.6. The van der Waals surface area contributed by atoms with Crippen molar-refractivity contribution < 1.29 is 14.3 Å². The normalized spacial score (nSPS) is 23.3. The van der Waals surface area contributed by atoms with Gasteiger partial charge in [-0.3, -0.25) is 4.79 Å². The van der Waals surface area contributed by atoms with Crippen molar-refractivity contribution in [2.45, 2.75) is 52.7 Å². The van der Waals surface area contributed by atoms with Crippen molar-refractivity contribution in [2.75, 3.05) is 23.8 Å². The minimum Gasteiger partial charge on any atom is -0.347 e. The molecule has 6 nitrogen and oxygen atoms in total. The maximum Gasteiger partial charge on any atom is 0.255 e. The predicted molar refractivity (Wildman–Crippen MR) is 178 cm³/mol. The Balaban J connectivity index is 1.29. The van der Waals surface area contributed by atoms with Gasteiger partial charge in [0.25, 0.3) is 5.91 Å². The Bertz CT molecular complexity index is 1540. The number of nitrogens with zero attached hydrogens (tertiary/aromatic N) is 1. The topological polar surface area (TPSA) is 72.5 Å². The first-order valence-corrected chi connectivity index (χ1v) is 16.1. The monoisotopic (exact) mass is 617 g/mol. The Morgan fingerprint density at radius 1 is 1.16 bits per heavy atom. The number of ether oxygens (including phenoxy) is 2. The van der Waals surface area contributed by atoms with Crippen LogP contribution in [0, 0.1) is 17.3 Å². The summed E-state index contributed by atoms with van der Waals surface area (Å²) in [5.74, 6) is -0.393. The second-order valence-corrected chi connectivity index (χ2v) is 12.9. The lowest BCUT2D eigenvalue weighted by atomic mass is 9.60. The third-order valence-corrected chi connectivity index (χ3v) is 9.98. The van der Waals surface area contributed by atoms with Gasteiger partial charge in [-0.25, -0.2) is 4.98 Å². The van der Waals surface area contributed by atoms with E-state index < -0.39 is 5.79 Å². The summed E-state index contributed by atoms with van der Waals surface area (Å²) >= 11 is 7.87. The molecule has 1 amide bonds. The van der Waals surface area contributed by atoms with Gasteiger partial charge in [-0.05, 0) is 55.5 Å². The standard InChI is InChI=1S/C35H40ClN3O3S/c1-6-8-9-13-28-21-34(5,23(3)20-35(28)41-16-17-42-35)24(4)37-33-39-31(22-43-33)26-11-10-12-27(18-26)32(40)38-29-15-14-25(7-2)30(36)19-29/h6,8-15,18-19,22-23,28H,4,7,16-17,20-21H2,1-3,5H3,(H,37,39)(H,38,40)/b8-6?,13-9-. The lowest BCUT2D eigenvalue weighted by Crippen LogP contribution is -2.51. The maximum atomic E-state index is 13.0. The van der Waals surface area contributed by atoms with Crippen LogP contribution < -0.4 is 10.6 Å². The number of halogens is 1. The molecular formula is C35H40ClN3O3S. The van der Waals surface area contributed by atoms with Gasteiger partial charge in [0.1, 0.15) is 0 Å². The summed E-state index contributed by atoms with van der Waals surface area (Å²) < 4.78 is 12.4. The molecule has 2 aromatic carbocycles. The highest BCUT2D eigenvalue weighted by atomic mass is 35.5. The van der Waals surface area contributed by atoms with Gasteiger partial charge in [0.15, 0.2) is 10.9 Å². The Kier molecular flexibility index (Phi) is 9.57. The van der Waals surface area contributed by atoms with E-state index in [9.17, 15) is 4.79 Å². The number of benzene rings is 2. The summed E-state index contributed by atoms with van der Waals surface area (Å²) in [6.07, 6.45) is 10.8. The Labute approximate surface area is 263 Å². The van der Waals surface area contributed by atoms with E-state index in [0.717, 1.165) is 46.9 Å². The number of carbonyl (C=O) groups excluding carboxylic acids is 1. The molecule has 2 heterocycles. The third kappa shape index (κ3) is 6.65. The molecule has 3 aromatic rings. The Morgan fingerprint density at radius 2 is 1.95 bits per heavy atom. The average Bonchev–Trinajstić information content (AvgIpc) is 3.66. The molecule has 5 rings (SSSR count). The van der Waals surface area contributed by atoms with E-state index in [2.05, 4.69) is 43.2 Å². The van der Waals surface area contributed by atoms with E-state index in [1.807, 2.05) is 61.7 Å². The summed E-state index contributed by atoms with van der Waals surface area (Å²) in [5, 5.41) is 9.89. The molecule has 0 bridgehead atoms. The van der Waals surface area contributed by atoms with Crippen LogP contribution in [0.3, 0.4) is 0 Å². The van der Waals surface area contributed by atoms with Crippen molar-refractivity contribution in [1.29, 1.82) is 0 Å². The molecule has 0 radical (unpaired) electrons. The van der Waals surface area contributed by atoms with Crippen LogP contribution in [0.4, 0.5) is 10.8 Å². The number of rotatable bonds is 9. The fourth-order valence-electron chi connectivity index (χ4n) is 6.03. The second kappa shape index (κ2) is 13.2. The highest BCUT2D eigenvalue weighted by Crippen LogP contribution is 2.54. The average molecular weight is 618 g/mol. The summed E-state index contributed by atoms with van der Waals surface area (Å²) in [6, 6.07) is 13.1. The molecule has 43 heavy (non-hydrogen) atoms. The number of allylic oxidation sites excluding steroid dienone is 4. The molecule has 8 heteroatoms. The molecule has 1 aromatic heterocycles. The van der Waals surface area contributed by atoms with Crippen molar-refractivity contribution in [3.05, 3.63) is 101 Å². The summed E-state index contributed by atoms with van der Waals surface area (Å²) in [6.45, 7) is 14.3. The molecular weight excluding hydrogens is 578 g/mol. The molecule has 2 N–H and O–H groups in total. The Hall–Kier alpha value is -3.23. The Morgan fingerprint density at radius 3 is 2.67 bits per heavy atom. The van der Waals surface area contributed by atoms with Gasteiger partial charge in [0, 0.05) is 50.7 Å².